The molecule has 0 unspecified atom stereocenters. The second kappa shape index (κ2) is 9.04. The quantitative estimate of drug-likeness (QED) is 0.765. The maximum Gasteiger partial charge on any atom is 0.257 e. The van der Waals surface area contributed by atoms with Crippen LogP contribution in [0.1, 0.15) is 46.8 Å². The molecule has 0 atom stereocenters. The van der Waals surface area contributed by atoms with Crippen LogP contribution in [0.15, 0.2) is 42.5 Å². The molecule has 26 heavy (non-hydrogen) atoms. The molecule has 0 aliphatic carbocycles. The summed E-state index contributed by atoms with van der Waals surface area (Å²) in [5, 5.41) is 2.83. The van der Waals surface area contributed by atoms with Gasteiger partial charge < -0.3 is 15.8 Å². The van der Waals surface area contributed by atoms with Crippen LogP contribution in [0.3, 0.4) is 0 Å². The molecule has 3 N–H and O–H groups in total. The van der Waals surface area contributed by atoms with Gasteiger partial charge in [0.1, 0.15) is 5.75 Å². The molecule has 2 aromatic carbocycles. The van der Waals surface area contributed by atoms with Crippen molar-refractivity contribution in [1.29, 1.82) is 0 Å². The summed E-state index contributed by atoms with van der Waals surface area (Å²) in [6.07, 6.45) is 0.620. The van der Waals surface area contributed by atoms with E-state index in [1.54, 1.807) is 18.2 Å². The Morgan fingerprint density at radius 1 is 1.15 bits per heavy atom. The van der Waals surface area contributed by atoms with Crippen molar-refractivity contribution in [2.75, 3.05) is 13.2 Å². The minimum atomic E-state index is -0.455. The number of benzene rings is 2. The molecule has 0 saturated carbocycles. The largest absolute Gasteiger partial charge is 0.483 e. The summed E-state index contributed by atoms with van der Waals surface area (Å²) in [7, 11) is 0. The van der Waals surface area contributed by atoms with Gasteiger partial charge >= 0.3 is 0 Å². The second-order valence-corrected chi connectivity index (χ2v) is 6.63. The van der Waals surface area contributed by atoms with Gasteiger partial charge in [0.25, 0.3) is 5.91 Å². The zero-order valence-electron chi connectivity index (χ0n) is 15.5. The van der Waals surface area contributed by atoms with Gasteiger partial charge in [-0.3, -0.25) is 9.59 Å². The van der Waals surface area contributed by atoms with Gasteiger partial charge in [0.2, 0.25) is 5.91 Å². The molecule has 2 rings (SSSR count). The SMILES string of the molecule is Cc1ccc(C(C)C)cc1OCC(=O)NCCc1cccc(C(N)=O)c1. The highest BCUT2D eigenvalue weighted by atomic mass is 16.5. The van der Waals surface area contributed by atoms with Gasteiger partial charge in [-0.1, -0.05) is 38.1 Å². The van der Waals surface area contributed by atoms with Crippen LogP contribution in [0, 0.1) is 6.92 Å². The molecule has 0 radical (unpaired) electrons. The van der Waals surface area contributed by atoms with Crippen LogP contribution < -0.4 is 15.8 Å². The van der Waals surface area contributed by atoms with Crippen molar-refractivity contribution in [2.24, 2.45) is 5.73 Å². The Labute approximate surface area is 154 Å². The first-order chi connectivity index (χ1) is 12.4. The van der Waals surface area contributed by atoms with Crippen LogP contribution in [0.4, 0.5) is 0 Å². The molecule has 0 heterocycles. The van der Waals surface area contributed by atoms with Gasteiger partial charge in [-0.15, -0.1) is 0 Å². The van der Waals surface area contributed by atoms with Crippen LogP contribution in [0.2, 0.25) is 0 Å². The molecule has 0 saturated heterocycles. The van der Waals surface area contributed by atoms with E-state index in [0.717, 1.165) is 16.9 Å². The maximum absolute atomic E-state index is 12.0. The standard InChI is InChI=1S/C21H26N2O3/c1-14(2)17-8-7-15(3)19(12-17)26-13-20(24)23-10-9-16-5-4-6-18(11-16)21(22)25/h4-8,11-12,14H,9-10,13H2,1-3H3,(H2,22,25)(H,23,24). The van der Waals surface area contributed by atoms with E-state index >= 15 is 0 Å². The third-order valence-corrected chi connectivity index (χ3v) is 4.18. The Hall–Kier alpha value is -2.82. The molecular formula is C21H26N2O3. The fraction of sp³-hybridized carbons (Fsp3) is 0.333. The Balaban J connectivity index is 1.82. The number of amides is 2. The Bertz CT molecular complexity index is 785. The summed E-state index contributed by atoms with van der Waals surface area (Å²) in [4.78, 5) is 23.2. The van der Waals surface area contributed by atoms with Crippen LogP contribution in [0.5, 0.6) is 5.75 Å². The summed E-state index contributed by atoms with van der Waals surface area (Å²) < 4.78 is 5.67. The van der Waals surface area contributed by atoms with E-state index in [1.807, 2.05) is 25.1 Å². The Morgan fingerprint density at radius 3 is 2.62 bits per heavy atom. The normalized spacial score (nSPS) is 10.6. The van der Waals surface area contributed by atoms with Crippen molar-refractivity contribution >= 4 is 11.8 Å². The van der Waals surface area contributed by atoms with Gasteiger partial charge in [-0.05, 0) is 54.2 Å². The lowest BCUT2D eigenvalue weighted by Gasteiger charge is -2.13. The van der Waals surface area contributed by atoms with Gasteiger partial charge in [-0.2, -0.15) is 0 Å². The number of nitrogens with two attached hydrogens (primary N) is 1. The maximum atomic E-state index is 12.0. The third-order valence-electron chi connectivity index (χ3n) is 4.18. The number of primary amides is 1. The fourth-order valence-electron chi connectivity index (χ4n) is 2.55. The zero-order chi connectivity index (χ0) is 19.1. The highest BCUT2D eigenvalue weighted by molar-refractivity contribution is 5.92. The van der Waals surface area contributed by atoms with Crippen molar-refractivity contribution in [3.63, 3.8) is 0 Å². The fourth-order valence-corrected chi connectivity index (χ4v) is 2.55. The molecule has 5 nitrogen and oxygen atoms in total. The summed E-state index contributed by atoms with van der Waals surface area (Å²) in [5.74, 6) is 0.511. The Morgan fingerprint density at radius 2 is 1.92 bits per heavy atom. The number of ether oxygens (including phenoxy) is 1. The topological polar surface area (TPSA) is 81.4 Å². The Kier molecular flexibility index (Phi) is 6.78. The molecule has 0 aromatic heterocycles. The average molecular weight is 354 g/mol. The molecular weight excluding hydrogens is 328 g/mol. The lowest BCUT2D eigenvalue weighted by atomic mass is 10.0. The third kappa shape index (κ3) is 5.62. The number of carbonyl (C=O) groups excluding carboxylic acids is 2. The predicted octanol–water partition coefficient (Wildman–Crippen LogP) is 2.96. The predicted molar refractivity (Wildman–Crippen MR) is 102 cm³/mol. The van der Waals surface area contributed by atoms with Crippen molar-refractivity contribution in [3.8, 4) is 5.75 Å². The van der Waals surface area contributed by atoms with Gasteiger partial charge in [0.05, 0.1) is 0 Å². The molecule has 0 aliphatic rings. The van der Waals surface area contributed by atoms with E-state index in [0.29, 0.717) is 24.4 Å². The highest BCUT2D eigenvalue weighted by Crippen LogP contribution is 2.24. The zero-order valence-corrected chi connectivity index (χ0v) is 15.5. The summed E-state index contributed by atoms with van der Waals surface area (Å²) >= 11 is 0. The summed E-state index contributed by atoms with van der Waals surface area (Å²) in [5.41, 5.74) is 8.87. The van der Waals surface area contributed by atoms with Crippen molar-refractivity contribution < 1.29 is 14.3 Å². The molecule has 0 aliphatic heterocycles. The molecule has 0 bridgehead atoms. The number of carbonyl (C=O) groups is 2. The van der Waals surface area contributed by atoms with E-state index in [2.05, 4.69) is 25.2 Å². The van der Waals surface area contributed by atoms with Gasteiger partial charge in [-0.25, -0.2) is 0 Å². The lowest BCUT2D eigenvalue weighted by Crippen LogP contribution is -2.30. The minimum absolute atomic E-state index is 0.0241. The number of hydrogen-bond acceptors (Lipinski definition) is 3. The molecule has 0 fully saturated rings. The van der Waals surface area contributed by atoms with Gasteiger partial charge in [0, 0.05) is 12.1 Å². The van der Waals surface area contributed by atoms with Crippen molar-refractivity contribution in [2.45, 2.75) is 33.1 Å². The molecule has 2 aromatic rings. The van der Waals surface area contributed by atoms with Crippen LogP contribution in [-0.4, -0.2) is 25.0 Å². The first-order valence-electron chi connectivity index (χ1n) is 8.75. The number of nitrogens with one attached hydrogen (secondary N) is 1. The second-order valence-electron chi connectivity index (χ2n) is 6.63. The van der Waals surface area contributed by atoms with Crippen LogP contribution >= 0.6 is 0 Å². The molecule has 138 valence electrons. The van der Waals surface area contributed by atoms with E-state index < -0.39 is 5.91 Å². The van der Waals surface area contributed by atoms with E-state index in [-0.39, 0.29) is 12.5 Å². The molecule has 2 amide bonds. The smallest absolute Gasteiger partial charge is 0.257 e. The van der Waals surface area contributed by atoms with Crippen molar-refractivity contribution in [3.05, 3.63) is 64.7 Å². The first-order valence-corrected chi connectivity index (χ1v) is 8.75. The van der Waals surface area contributed by atoms with Crippen LogP contribution in [-0.2, 0) is 11.2 Å². The number of rotatable bonds is 8. The summed E-state index contributed by atoms with van der Waals surface area (Å²) in [6.45, 7) is 6.64. The number of hydrogen-bond donors (Lipinski definition) is 2. The first kappa shape index (κ1) is 19.5. The number of aryl methyl sites for hydroxylation is 1. The van der Waals surface area contributed by atoms with Gasteiger partial charge in [0.15, 0.2) is 6.61 Å². The minimum Gasteiger partial charge on any atom is -0.483 e. The monoisotopic (exact) mass is 354 g/mol. The van der Waals surface area contributed by atoms with Crippen molar-refractivity contribution in [1.82, 2.24) is 5.32 Å². The highest BCUT2D eigenvalue weighted by Gasteiger charge is 2.08. The average Bonchev–Trinajstić information content (AvgIpc) is 2.61. The molecule has 0 spiro atoms. The van der Waals surface area contributed by atoms with E-state index in [1.165, 1.54) is 5.56 Å². The lowest BCUT2D eigenvalue weighted by molar-refractivity contribution is -0.123. The van der Waals surface area contributed by atoms with E-state index in [9.17, 15) is 9.59 Å². The van der Waals surface area contributed by atoms with E-state index in [4.69, 9.17) is 10.5 Å². The molecule has 5 heteroatoms. The summed E-state index contributed by atoms with van der Waals surface area (Å²) in [6, 6.07) is 13.2. The van der Waals surface area contributed by atoms with Crippen LogP contribution in [0.25, 0.3) is 0 Å².